The zero-order valence-corrected chi connectivity index (χ0v) is 39.0. The van der Waals surface area contributed by atoms with E-state index in [-0.39, 0.29) is 17.3 Å². The molecule has 10 heteroatoms. The number of nitriles is 4. The molecule has 2 N–H and O–H groups in total. The number of rotatable bonds is 14. The molecule has 0 saturated carbocycles. The van der Waals surface area contributed by atoms with Crippen molar-refractivity contribution in [2.75, 3.05) is 13.2 Å². The summed E-state index contributed by atoms with van der Waals surface area (Å²) in [5.74, 6) is 2.10. The van der Waals surface area contributed by atoms with E-state index in [9.17, 15) is 40.8 Å². The second-order valence-electron chi connectivity index (χ2n) is 17.7. The fourth-order valence-corrected chi connectivity index (χ4v) is 9.88. The van der Waals surface area contributed by atoms with Crippen molar-refractivity contribution in [2.45, 2.75) is 58.3 Å². The first kappa shape index (κ1) is 46.9. The molecule has 346 valence electrons. The number of fused-ring (bicyclic) bond motifs is 14. The topological polar surface area (TPSA) is 188 Å². The van der Waals surface area contributed by atoms with Crippen LogP contribution in [0.5, 0.6) is 23.0 Å². The largest absolute Gasteiger partial charge is 0.508 e. The van der Waals surface area contributed by atoms with Crippen molar-refractivity contribution in [3.8, 4) is 47.3 Å². The molecule has 0 atom stereocenters. The van der Waals surface area contributed by atoms with Crippen molar-refractivity contribution in [2.24, 2.45) is 0 Å². The van der Waals surface area contributed by atoms with Crippen LogP contribution < -0.4 is 9.47 Å². The van der Waals surface area contributed by atoms with E-state index < -0.39 is 0 Å². The molecule has 0 heterocycles. The molecule has 10 nitrogen and oxygen atoms in total. The fourth-order valence-electron chi connectivity index (χ4n) is 9.88. The van der Waals surface area contributed by atoms with E-state index in [1.165, 1.54) is 0 Å². The van der Waals surface area contributed by atoms with Gasteiger partial charge in [-0.05, 0) is 159 Å². The summed E-state index contributed by atoms with van der Waals surface area (Å²) >= 11 is 0. The van der Waals surface area contributed by atoms with Gasteiger partial charge >= 0.3 is 0 Å². The van der Waals surface area contributed by atoms with Gasteiger partial charge in [0.1, 0.15) is 59.3 Å². The first-order chi connectivity index (χ1) is 34.7. The van der Waals surface area contributed by atoms with Crippen molar-refractivity contribution in [3.63, 3.8) is 0 Å². The molecule has 0 spiro atoms. The second-order valence-corrected chi connectivity index (χ2v) is 17.7. The molecular weight excluding hydrogens is 885 g/mol. The van der Waals surface area contributed by atoms with E-state index in [0.717, 1.165) is 142 Å². The van der Waals surface area contributed by atoms with Crippen LogP contribution in [0.15, 0.2) is 121 Å². The molecule has 0 saturated heterocycles. The normalized spacial score (nSPS) is 11.1. The van der Waals surface area contributed by atoms with Gasteiger partial charge in [-0.2, -0.15) is 21.0 Å². The predicted molar refractivity (Wildman–Crippen MR) is 280 cm³/mol. The Hall–Kier alpha value is -9.22. The molecule has 10 rings (SSSR count). The van der Waals surface area contributed by atoms with E-state index in [0.29, 0.717) is 48.3 Å². The number of aromatic hydroxyl groups is 2. The van der Waals surface area contributed by atoms with Crippen LogP contribution in [0.1, 0.15) is 80.5 Å². The molecule has 0 aliphatic carbocycles. The zero-order chi connectivity index (χ0) is 49.6. The van der Waals surface area contributed by atoms with Gasteiger partial charge in [-0.3, -0.25) is 0 Å². The first-order valence-corrected chi connectivity index (χ1v) is 23.6. The number of aldehydes is 1. The second kappa shape index (κ2) is 20.6. The highest BCUT2D eigenvalue weighted by Crippen LogP contribution is 2.43. The van der Waals surface area contributed by atoms with E-state index in [4.69, 9.17) is 9.47 Å². The smallest absolute Gasteiger partial charge is 0.129 e. The number of ether oxygens (including phenoxy) is 2. The number of carbonyl (C=O) groups excluding carboxylic acids is 2. The maximum Gasteiger partial charge on any atom is 0.129 e. The number of unbranched alkanes of at least 4 members (excludes halogenated alkanes) is 5. The molecule has 0 radical (unpaired) electrons. The highest BCUT2D eigenvalue weighted by molar-refractivity contribution is 6.31. The van der Waals surface area contributed by atoms with Gasteiger partial charge in [-0.1, -0.05) is 72.8 Å². The average molecular weight is 931 g/mol. The van der Waals surface area contributed by atoms with Crippen LogP contribution in [0.4, 0.5) is 0 Å². The van der Waals surface area contributed by atoms with Gasteiger partial charge in [0.25, 0.3) is 0 Å². The minimum Gasteiger partial charge on any atom is -0.508 e. The van der Waals surface area contributed by atoms with Gasteiger partial charge in [0.2, 0.25) is 0 Å². The maximum absolute atomic E-state index is 11.1. The number of ketones is 1. The van der Waals surface area contributed by atoms with Crippen molar-refractivity contribution in [3.05, 3.63) is 144 Å². The average Bonchev–Trinajstić information content (AvgIpc) is 3.38. The molecule has 0 aliphatic heterocycles. The lowest BCUT2D eigenvalue weighted by molar-refractivity contribution is -0.117. The van der Waals surface area contributed by atoms with Crippen LogP contribution >= 0.6 is 0 Å². The molecule has 0 unspecified atom stereocenters. The van der Waals surface area contributed by atoms with Crippen molar-refractivity contribution >= 4 is 98.2 Å². The highest BCUT2D eigenvalue weighted by atomic mass is 16.5. The SMILES string of the molecule is CC(=O)CCCCCOc1ccc2c(ccc3c(C#N)c(C#N)c4ccc5cc(O)ccc5c4c32)c1.N#Cc1c(C#N)c2ccc3cc(OCCCCCC=O)ccc3c2c2c1ccc1cc(O)ccc12. The Morgan fingerprint density at radius 2 is 0.789 bits per heavy atom. The van der Waals surface area contributed by atoms with Gasteiger partial charge in [0.15, 0.2) is 0 Å². The number of Topliss-reactive ketones (excluding diaryl/α,β-unsaturated/α-hetero) is 1. The molecule has 10 aromatic carbocycles. The quantitative estimate of drug-likeness (QED) is 0.0603. The molecule has 10 aromatic rings. The fraction of sp³-hybridized carbons (Fsp3) is 0.180. The summed E-state index contributed by atoms with van der Waals surface area (Å²) in [7, 11) is 0. The van der Waals surface area contributed by atoms with Crippen LogP contribution in [0.25, 0.3) is 86.2 Å². The van der Waals surface area contributed by atoms with Gasteiger partial charge in [-0.15, -0.1) is 0 Å². The van der Waals surface area contributed by atoms with Crippen molar-refractivity contribution < 1.29 is 29.3 Å². The molecule has 71 heavy (non-hydrogen) atoms. The number of phenols is 2. The van der Waals surface area contributed by atoms with Gasteiger partial charge in [0.05, 0.1) is 35.5 Å². The molecule has 0 fully saturated rings. The monoisotopic (exact) mass is 930 g/mol. The molecule has 0 aliphatic rings. The minimum absolute atomic E-state index is 0.174. The van der Waals surface area contributed by atoms with E-state index >= 15 is 0 Å². The maximum atomic E-state index is 11.1. The standard InChI is InChI=1S/C31H24N2O3.C30H22N2O3/c1-19(34)5-3-2-4-14-36-23-9-13-25-21(16-23)7-11-27-29(18-33)28(17-32)26-10-6-20-15-22(35)8-12-24(20)30(26)31(25)27;31-17-27-25-9-5-19-15-21(34)7-11-23(19)29(25)30-24-12-8-22(35-14-4-2-1-3-13-33)16-20(24)6-10-26(30)28(27)18-32/h6-13,15-16,35H,2-5,14H2,1H3;5-13,15-16,34H,1-4,14H2. The summed E-state index contributed by atoms with van der Waals surface area (Å²) in [4.78, 5) is 21.5. The Balaban J connectivity index is 0.000000176. The molecular formula is C61H46N4O6. The number of hydrogen-bond donors (Lipinski definition) is 2. The lowest BCUT2D eigenvalue weighted by Gasteiger charge is -2.15. The highest BCUT2D eigenvalue weighted by Gasteiger charge is 2.20. The Labute approximate surface area is 409 Å². The number of carbonyl (C=O) groups is 2. The third kappa shape index (κ3) is 9.12. The Morgan fingerprint density at radius 1 is 0.451 bits per heavy atom. The van der Waals surface area contributed by atoms with Crippen LogP contribution in [0.3, 0.4) is 0 Å². The molecule has 0 aromatic heterocycles. The van der Waals surface area contributed by atoms with Crippen LogP contribution in [-0.2, 0) is 9.59 Å². The summed E-state index contributed by atoms with van der Waals surface area (Å²) in [5.41, 5.74) is 1.45. The Morgan fingerprint density at radius 3 is 1.14 bits per heavy atom. The minimum atomic E-state index is 0.174. The summed E-state index contributed by atoms with van der Waals surface area (Å²) in [6.45, 7) is 2.78. The van der Waals surface area contributed by atoms with E-state index in [1.807, 2.05) is 97.1 Å². The predicted octanol–water partition coefficient (Wildman–Crippen LogP) is 14.2. The third-order valence-corrected chi connectivity index (χ3v) is 13.2. The van der Waals surface area contributed by atoms with Gasteiger partial charge in [0, 0.05) is 34.4 Å². The lowest BCUT2D eigenvalue weighted by atomic mass is 9.87. The number of phenolic OH excluding ortho intramolecular Hbond substituents is 2. The molecule has 0 bridgehead atoms. The first-order valence-electron chi connectivity index (χ1n) is 23.6. The van der Waals surface area contributed by atoms with Crippen LogP contribution in [-0.4, -0.2) is 35.5 Å². The Kier molecular flexibility index (Phi) is 13.6. The van der Waals surface area contributed by atoms with E-state index in [2.05, 4.69) is 24.3 Å². The van der Waals surface area contributed by atoms with Gasteiger partial charge in [-0.25, -0.2) is 0 Å². The summed E-state index contributed by atoms with van der Waals surface area (Å²) in [6.07, 6.45) is 7.57. The van der Waals surface area contributed by atoms with Crippen LogP contribution in [0.2, 0.25) is 0 Å². The lowest BCUT2D eigenvalue weighted by Crippen LogP contribution is -1.98. The molecule has 0 amide bonds. The van der Waals surface area contributed by atoms with Crippen molar-refractivity contribution in [1.29, 1.82) is 21.0 Å². The number of nitrogens with zero attached hydrogens (tertiary/aromatic N) is 4. The number of benzene rings is 10. The Bertz CT molecular complexity index is 3980. The summed E-state index contributed by atoms with van der Waals surface area (Å²) < 4.78 is 11.9. The number of hydrogen-bond acceptors (Lipinski definition) is 10. The zero-order valence-electron chi connectivity index (χ0n) is 39.0. The third-order valence-electron chi connectivity index (χ3n) is 13.2. The summed E-state index contributed by atoms with van der Waals surface area (Å²) in [5, 5.41) is 73.8. The summed E-state index contributed by atoms with van der Waals surface area (Å²) in [6, 6.07) is 46.5. The van der Waals surface area contributed by atoms with Crippen LogP contribution in [0, 0.1) is 45.3 Å². The van der Waals surface area contributed by atoms with Crippen molar-refractivity contribution in [1.82, 2.24) is 0 Å². The van der Waals surface area contributed by atoms with E-state index in [1.54, 1.807) is 31.2 Å². The van der Waals surface area contributed by atoms with Gasteiger partial charge < -0.3 is 29.3 Å².